The Labute approximate surface area is 125 Å². The van der Waals surface area contributed by atoms with Crippen molar-refractivity contribution >= 4 is 22.6 Å². The second kappa shape index (κ2) is 6.38. The van der Waals surface area contributed by atoms with E-state index < -0.39 is 0 Å². The first-order valence-corrected chi connectivity index (χ1v) is 8.22. The van der Waals surface area contributed by atoms with E-state index in [1.54, 1.807) is 0 Å². The van der Waals surface area contributed by atoms with Crippen LogP contribution in [-0.2, 0) is 0 Å². The van der Waals surface area contributed by atoms with Gasteiger partial charge in [-0.05, 0) is 71.9 Å². The zero-order valence-electron chi connectivity index (χ0n) is 11.5. The van der Waals surface area contributed by atoms with E-state index >= 15 is 0 Å². The van der Waals surface area contributed by atoms with E-state index in [2.05, 4.69) is 66.0 Å². The summed E-state index contributed by atoms with van der Waals surface area (Å²) < 4.78 is 1.31. The zero-order chi connectivity index (χ0) is 13.0. The first-order valence-electron chi connectivity index (χ1n) is 7.14. The monoisotopic (exact) mass is 357 g/mol. The van der Waals surface area contributed by atoms with E-state index in [9.17, 15) is 0 Å². The van der Waals surface area contributed by atoms with Crippen LogP contribution in [0.1, 0.15) is 57.6 Å². The molecule has 18 heavy (non-hydrogen) atoms. The van der Waals surface area contributed by atoms with E-state index in [0.717, 1.165) is 0 Å². The smallest absolute Gasteiger partial charge is 0.0292 e. The van der Waals surface area contributed by atoms with Gasteiger partial charge in [0, 0.05) is 16.2 Å². The maximum atomic E-state index is 3.75. The molecule has 0 saturated heterocycles. The molecule has 0 heterocycles. The minimum absolute atomic E-state index is 0.464. The van der Waals surface area contributed by atoms with Crippen molar-refractivity contribution in [1.29, 1.82) is 0 Å². The molecule has 2 heteroatoms. The number of halogens is 1. The van der Waals surface area contributed by atoms with Crippen molar-refractivity contribution in [1.82, 2.24) is 5.32 Å². The average molecular weight is 357 g/mol. The Morgan fingerprint density at radius 3 is 2.39 bits per heavy atom. The molecule has 1 aromatic carbocycles. The first-order chi connectivity index (χ1) is 8.65. The molecule has 1 unspecified atom stereocenters. The molecular formula is C16H24IN. The number of hydrogen-bond acceptors (Lipinski definition) is 1. The van der Waals surface area contributed by atoms with Crippen molar-refractivity contribution < 1.29 is 0 Å². The van der Waals surface area contributed by atoms with Crippen LogP contribution in [0.5, 0.6) is 0 Å². The van der Waals surface area contributed by atoms with Crippen molar-refractivity contribution in [3.05, 3.63) is 33.4 Å². The molecule has 1 aliphatic carbocycles. The van der Waals surface area contributed by atoms with Gasteiger partial charge < -0.3 is 5.32 Å². The summed E-state index contributed by atoms with van der Waals surface area (Å²) in [6.45, 7) is 5.81. The maximum absolute atomic E-state index is 3.75. The molecule has 0 aromatic heterocycles. The molecule has 0 radical (unpaired) electrons. The summed E-state index contributed by atoms with van der Waals surface area (Å²) in [4.78, 5) is 0. The summed E-state index contributed by atoms with van der Waals surface area (Å²) in [5, 5.41) is 3.75. The molecule has 1 atom stereocenters. The van der Waals surface area contributed by atoms with Crippen LogP contribution in [-0.4, -0.2) is 6.54 Å². The third-order valence-corrected chi connectivity index (χ3v) is 5.29. The predicted molar refractivity (Wildman–Crippen MR) is 86.8 cm³/mol. The standard InChI is InChI=1S/C16H24IN/c1-3-16(10-4-5-11-16)12-18-13(2)14-6-8-15(17)9-7-14/h6-9,13,18H,3-5,10-12H2,1-2H3. The van der Waals surface area contributed by atoms with Crippen molar-refractivity contribution in [3.63, 3.8) is 0 Å². The molecule has 0 spiro atoms. The fourth-order valence-electron chi connectivity index (χ4n) is 3.02. The fraction of sp³-hybridized carbons (Fsp3) is 0.625. The lowest BCUT2D eigenvalue weighted by atomic mass is 9.83. The molecular weight excluding hydrogens is 333 g/mol. The number of nitrogens with one attached hydrogen (secondary N) is 1. The van der Waals surface area contributed by atoms with Crippen molar-refractivity contribution in [2.24, 2.45) is 5.41 Å². The lowest BCUT2D eigenvalue weighted by Gasteiger charge is -2.29. The predicted octanol–water partition coefficient (Wildman–Crippen LogP) is 4.91. The molecule has 1 N–H and O–H groups in total. The van der Waals surface area contributed by atoms with Gasteiger partial charge in [0.2, 0.25) is 0 Å². The number of hydrogen-bond donors (Lipinski definition) is 1. The molecule has 1 saturated carbocycles. The zero-order valence-corrected chi connectivity index (χ0v) is 13.7. The second-order valence-electron chi connectivity index (χ2n) is 5.71. The maximum Gasteiger partial charge on any atom is 0.0292 e. The highest BCUT2D eigenvalue weighted by Gasteiger charge is 2.31. The van der Waals surface area contributed by atoms with Gasteiger partial charge in [-0.1, -0.05) is 31.9 Å². The quantitative estimate of drug-likeness (QED) is 0.738. The largest absolute Gasteiger partial charge is 0.310 e. The van der Waals surface area contributed by atoms with Crippen LogP contribution < -0.4 is 5.32 Å². The minimum atomic E-state index is 0.464. The van der Waals surface area contributed by atoms with Crippen LogP contribution in [0.2, 0.25) is 0 Å². The minimum Gasteiger partial charge on any atom is -0.310 e. The summed E-state index contributed by atoms with van der Waals surface area (Å²) in [6.07, 6.45) is 6.99. The molecule has 0 bridgehead atoms. The number of rotatable bonds is 5. The van der Waals surface area contributed by atoms with Gasteiger partial charge in [0.1, 0.15) is 0 Å². The topological polar surface area (TPSA) is 12.0 Å². The van der Waals surface area contributed by atoms with Gasteiger partial charge in [0.05, 0.1) is 0 Å². The van der Waals surface area contributed by atoms with Gasteiger partial charge in [0.15, 0.2) is 0 Å². The van der Waals surface area contributed by atoms with E-state index in [4.69, 9.17) is 0 Å². The van der Waals surface area contributed by atoms with Gasteiger partial charge in [0.25, 0.3) is 0 Å². The summed E-state index contributed by atoms with van der Waals surface area (Å²) in [6, 6.07) is 9.34. The van der Waals surface area contributed by atoms with Crippen LogP contribution >= 0.6 is 22.6 Å². The molecule has 1 fully saturated rings. The van der Waals surface area contributed by atoms with Crippen molar-refractivity contribution in [2.45, 2.75) is 52.0 Å². The van der Waals surface area contributed by atoms with Gasteiger partial charge in [-0.15, -0.1) is 0 Å². The Kier molecular flexibility index (Phi) is 5.07. The molecule has 1 aromatic rings. The lowest BCUT2D eigenvalue weighted by Crippen LogP contribution is -2.33. The molecule has 1 nitrogen and oxygen atoms in total. The average Bonchev–Trinajstić information content (AvgIpc) is 2.86. The van der Waals surface area contributed by atoms with Crippen LogP contribution in [0, 0.1) is 8.99 Å². The summed E-state index contributed by atoms with van der Waals surface area (Å²) in [5.41, 5.74) is 1.98. The summed E-state index contributed by atoms with van der Waals surface area (Å²) >= 11 is 2.36. The van der Waals surface area contributed by atoms with Crippen LogP contribution in [0.15, 0.2) is 24.3 Å². The van der Waals surface area contributed by atoms with E-state index in [-0.39, 0.29) is 0 Å². The van der Waals surface area contributed by atoms with Gasteiger partial charge in [-0.2, -0.15) is 0 Å². The van der Waals surface area contributed by atoms with Crippen molar-refractivity contribution in [2.75, 3.05) is 6.54 Å². The van der Waals surface area contributed by atoms with Crippen LogP contribution in [0.3, 0.4) is 0 Å². The van der Waals surface area contributed by atoms with E-state index in [1.807, 2.05) is 0 Å². The molecule has 1 aliphatic rings. The summed E-state index contributed by atoms with van der Waals surface area (Å²) in [7, 11) is 0. The van der Waals surface area contributed by atoms with Crippen LogP contribution in [0.4, 0.5) is 0 Å². The Hall–Kier alpha value is -0.0900. The third-order valence-electron chi connectivity index (χ3n) is 4.57. The Bertz CT molecular complexity index is 365. The molecule has 2 rings (SSSR count). The van der Waals surface area contributed by atoms with E-state index in [1.165, 1.54) is 47.8 Å². The van der Waals surface area contributed by atoms with E-state index in [0.29, 0.717) is 11.5 Å². The van der Waals surface area contributed by atoms with Gasteiger partial charge >= 0.3 is 0 Å². The highest BCUT2D eigenvalue weighted by molar-refractivity contribution is 14.1. The second-order valence-corrected chi connectivity index (χ2v) is 6.96. The highest BCUT2D eigenvalue weighted by Crippen LogP contribution is 2.40. The fourth-order valence-corrected chi connectivity index (χ4v) is 3.38. The molecule has 0 aliphatic heterocycles. The Morgan fingerprint density at radius 1 is 1.22 bits per heavy atom. The molecule has 0 amide bonds. The normalized spacial score (nSPS) is 19.9. The Balaban J connectivity index is 1.91. The summed E-state index contributed by atoms with van der Waals surface area (Å²) in [5.74, 6) is 0. The SMILES string of the molecule is CCC1(CNC(C)c2ccc(I)cc2)CCCC1. The first kappa shape index (κ1) is 14.3. The number of benzene rings is 1. The Morgan fingerprint density at radius 2 is 1.83 bits per heavy atom. The molecule has 100 valence electrons. The van der Waals surface area contributed by atoms with Gasteiger partial charge in [-0.3, -0.25) is 0 Å². The van der Waals surface area contributed by atoms with Crippen LogP contribution in [0.25, 0.3) is 0 Å². The van der Waals surface area contributed by atoms with Crippen molar-refractivity contribution in [3.8, 4) is 0 Å². The highest BCUT2D eigenvalue weighted by atomic mass is 127. The lowest BCUT2D eigenvalue weighted by molar-refractivity contribution is 0.259. The van der Waals surface area contributed by atoms with Gasteiger partial charge in [-0.25, -0.2) is 0 Å². The third kappa shape index (κ3) is 3.47.